The van der Waals surface area contributed by atoms with E-state index in [1.54, 1.807) is 0 Å². The molecule has 0 atom stereocenters. The van der Waals surface area contributed by atoms with E-state index < -0.39 is 0 Å². The second kappa shape index (κ2) is 5.13. The average molecular weight is 284 g/mol. The van der Waals surface area contributed by atoms with Gasteiger partial charge in [-0.1, -0.05) is 50.3 Å². The predicted molar refractivity (Wildman–Crippen MR) is 84.8 cm³/mol. The summed E-state index contributed by atoms with van der Waals surface area (Å²) in [5, 5.41) is 0. The van der Waals surface area contributed by atoms with E-state index in [9.17, 15) is 0 Å². The Kier molecular flexibility index (Phi) is 3.47. The Balaban J connectivity index is 1.96. The van der Waals surface area contributed by atoms with Crippen LogP contribution in [0.15, 0.2) is 24.3 Å². The van der Waals surface area contributed by atoms with E-state index in [0.717, 1.165) is 23.3 Å². The summed E-state index contributed by atoms with van der Waals surface area (Å²) >= 11 is 5.49. The van der Waals surface area contributed by atoms with Gasteiger partial charge in [-0.15, -0.1) is 0 Å². The molecule has 0 radical (unpaired) electrons. The lowest BCUT2D eigenvalue weighted by atomic mass is 10.0. The first kappa shape index (κ1) is 13.5. The predicted octanol–water partition coefficient (Wildman–Crippen LogP) is 4.45. The van der Waals surface area contributed by atoms with Gasteiger partial charge in [-0.3, -0.25) is 0 Å². The molecule has 0 spiro atoms. The van der Waals surface area contributed by atoms with Crippen molar-refractivity contribution in [3.63, 3.8) is 0 Å². The molecule has 1 aromatic carbocycles. The summed E-state index contributed by atoms with van der Waals surface area (Å²) in [4.78, 5) is 8.18. The van der Waals surface area contributed by atoms with E-state index in [4.69, 9.17) is 12.2 Å². The van der Waals surface area contributed by atoms with Crippen molar-refractivity contribution in [2.24, 2.45) is 0 Å². The van der Waals surface area contributed by atoms with E-state index in [1.807, 2.05) is 0 Å². The van der Waals surface area contributed by atoms with Gasteiger partial charge in [-0.25, -0.2) is 4.98 Å². The normalized spacial score (nSPS) is 14.8. The van der Waals surface area contributed by atoms with Gasteiger partial charge < -0.3 is 4.98 Å². The van der Waals surface area contributed by atoms with Crippen molar-refractivity contribution in [3.05, 3.63) is 57.1 Å². The quantitative estimate of drug-likeness (QED) is 0.825. The van der Waals surface area contributed by atoms with Crippen molar-refractivity contribution in [1.29, 1.82) is 0 Å². The highest BCUT2D eigenvalue weighted by atomic mass is 32.1. The van der Waals surface area contributed by atoms with Gasteiger partial charge in [0, 0.05) is 17.2 Å². The molecule has 0 bridgehead atoms. The average Bonchev–Trinajstić information content (AvgIpc) is 2.81. The van der Waals surface area contributed by atoms with E-state index in [2.05, 4.69) is 55.0 Å². The molecule has 20 heavy (non-hydrogen) atoms. The summed E-state index contributed by atoms with van der Waals surface area (Å²) in [6.07, 6.45) is 2.13. The molecule has 104 valence electrons. The Morgan fingerprint density at radius 2 is 1.80 bits per heavy atom. The van der Waals surface area contributed by atoms with Gasteiger partial charge in [-0.05, 0) is 36.8 Å². The lowest BCUT2D eigenvalue weighted by Gasteiger charge is -2.14. The molecule has 3 heteroatoms. The summed E-state index contributed by atoms with van der Waals surface area (Å²) in [5.41, 5.74) is 5.25. The number of fused-ring (bicyclic) bond motifs is 1. The molecule has 2 aromatic rings. The second-order valence-electron chi connectivity index (χ2n) is 5.99. The maximum Gasteiger partial charge on any atom is 0.133 e. The van der Waals surface area contributed by atoms with Crippen LogP contribution in [0.5, 0.6) is 0 Å². The van der Waals surface area contributed by atoms with Gasteiger partial charge in [0.25, 0.3) is 0 Å². The third-order valence-corrected chi connectivity index (χ3v) is 4.50. The van der Waals surface area contributed by atoms with Crippen LogP contribution in [0.1, 0.15) is 53.9 Å². The van der Waals surface area contributed by atoms with E-state index in [1.165, 1.54) is 22.4 Å². The molecule has 1 heterocycles. The van der Waals surface area contributed by atoms with Crippen molar-refractivity contribution in [2.45, 2.75) is 45.4 Å². The standard InChI is InChI=1S/C17H20N2S/c1-10(2)15-11(3)18-16(19-17(15)20)14-8-12-6-4-5-7-13(12)9-14/h4-7,10,14H,8-9H2,1-3H3,(H,18,19,20). The minimum atomic E-state index is 0.418. The van der Waals surface area contributed by atoms with Gasteiger partial charge in [0.2, 0.25) is 0 Å². The zero-order valence-corrected chi connectivity index (χ0v) is 13.1. The Morgan fingerprint density at radius 3 is 2.30 bits per heavy atom. The molecule has 0 amide bonds. The van der Waals surface area contributed by atoms with Crippen LogP contribution in [0.4, 0.5) is 0 Å². The summed E-state index contributed by atoms with van der Waals surface area (Å²) in [7, 11) is 0. The van der Waals surface area contributed by atoms with Crippen LogP contribution in [0.3, 0.4) is 0 Å². The fraction of sp³-hybridized carbons (Fsp3) is 0.412. The summed E-state index contributed by atoms with van der Waals surface area (Å²) in [6.45, 7) is 6.44. The van der Waals surface area contributed by atoms with Crippen LogP contribution in [0, 0.1) is 11.6 Å². The molecular weight excluding hydrogens is 264 g/mol. The number of aryl methyl sites for hydroxylation is 1. The Bertz CT molecular complexity index is 675. The smallest absolute Gasteiger partial charge is 0.133 e. The number of aromatic nitrogens is 2. The van der Waals surface area contributed by atoms with Gasteiger partial charge in [0.15, 0.2) is 0 Å². The maximum atomic E-state index is 5.49. The molecule has 2 nitrogen and oxygen atoms in total. The number of nitrogens with one attached hydrogen (secondary N) is 1. The molecule has 1 N–H and O–H groups in total. The molecular formula is C17H20N2S. The minimum absolute atomic E-state index is 0.418. The third-order valence-electron chi connectivity index (χ3n) is 4.19. The summed E-state index contributed by atoms with van der Waals surface area (Å²) in [6, 6.07) is 8.67. The third kappa shape index (κ3) is 2.31. The van der Waals surface area contributed by atoms with Crippen molar-refractivity contribution in [3.8, 4) is 0 Å². The van der Waals surface area contributed by atoms with Crippen molar-refractivity contribution >= 4 is 12.2 Å². The van der Waals surface area contributed by atoms with Gasteiger partial charge in [-0.2, -0.15) is 0 Å². The van der Waals surface area contributed by atoms with Gasteiger partial charge in [0.05, 0.1) is 0 Å². The lowest BCUT2D eigenvalue weighted by molar-refractivity contribution is 0.667. The van der Waals surface area contributed by atoms with Gasteiger partial charge >= 0.3 is 0 Å². The highest BCUT2D eigenvalue weighted by Crippen LogP contribution is 2.32. The maximum absolute atomic E-state index is 5.49. The number of H-pyrrole nitrogens is 1. The number of benzene rings is 1. The second-order valence-corrected chi connectivity index (χ2v) is 6.38. The summed E-state index contributed by atoms with van der Waals surface area (Å²) < 4.78 is 0.766. The number of rotatable bonds is 2. The Morgan fingerprint density at radius 1 is 1.20 bits per heavy atom. The highest BCUT2D eigenvalue weighted by Gasteiger charge is 2.25. The Hall–Kier alpha value is -1.48. The molecule has 0 fully saturated rings. The molecule has 3 rings (SSSR count). The molecule has 0 saturated heterocycles. The zero-order chi connectivity index (χ0) is 14.3. The molecule has 1 aromatic heterocycles. The number of nitrogens with zero attached hydrogens (tertiary/aromatic N) is 1. The number of hydrogen-bond donors (Lipinski definition) is 1. The van der Waals surface area contributed by atoms with Crippen molar-refractivity contribution in [2.75, 3.05) is 0 Å². The van der Waals surface area contributed by atoms with Crippen LogP contribution in [0.2, 0.25) is 0 Å². The van der Waals surface area contributed by atoms with E-state index in [-0.39, 0.29) is 0 Å². The molecule has 0 aliphatic heterocycles. The number of hydrogen-bond acceptors (Lipinski definition) is 2. The van der Waals surface area contributed by atoms with E-state index >= 15 is 0 Å². The van der Waals surface area contributed by atoms with Crippen LogP contribution < -0.4 is 0 Å². The summed E-state index contributed by atoms with van der Waals surface area (Å²) in [5.74, 6) is 1.91. The monoisotopic (exact) mass is 284 g/mol. The SMILES string of the molecule is Cc1[nH]c(C2Cc3ccccc3C2)nc(=S)c1C(C)C. The fourth-order valence-corrected chi connectivity index (χ4v) is 3.73. The lowest BCUT2D eigenvalue weighted by Crippen LogP contribution is -2.09. The first-order valence-electron chi connectivity index (χ1n) is 7.23. The minimum Gasteiger partial charge on any atom is -0.347 e. The van der Waals surface area contributed by atoms with Crippen molar-refractivity contribution < 1.29 is 0 Å². The van der Waals surface area contributed by atoms with E-state index in [0.29, 0.717) is 11.8 Å². The molecule has 1 aliphatic rings. The van der Waals surface area contributed by atoms with Crippen LogP contribution in [-0.2, 0) is 12.8 Å². The Labute approximate surface area is 125 Å². The fourth-order valence-electron chi connectivity index (χ4n) is 3.24. The topological polar surface area (TPSA) is 28.7 Å². The van der Waals surface area contributed by atoms with Crippen LogP contribution in [0.25, 0.3) is 0 Å². The highest BCUT2D eigenvalue weighted by molar-refractivity contribution is 7.71. The van der Waals surface area contributed by atoms with Crippen molar-refractivity contribution in [1.82, 2.24) is 9.97 Å². The molecule has 0 saturated carbocycles. The first-order chi connectivity index (χ1) is 9.56. The zero-order valence-electron chi connectivity index (χ0n) is 12.2. The largest absolute Gasteiger partial charge is 0.347 e. The molecule has 0 unspecified atom stereocenters. The molecule has 1 aliphatic carbocycles. The van der Waals surface area contributed by atoms with Crippen LogP contribution >= 0.6 is 12.2 Å². The van der Waals surface area contributed by atoms with Gasteiger partial charge in [0.1, 0.15) is 10.5 Å². The first-order valence-corrected chi connectivity index (χ1v) is 7.64. The van der Waals surface area contributed by atoms with Crippen LogP contribution in [-0.4, -0.2) is 9.97 Å². The number of aromatic amines is 1.